The number of ether oxygens (including phenoxy) is 1. The van der Waals surface area contributed by atoms with Crippen molar-refractivity contribution in [2.75, 3.05) is 6.54 Å². The van der Waals surface area contributed by atoms with E-state index in [4.69, 9.17) is 4.74 Å². The highest BCUT2D eigenvalue weighted by molar-refractivity contribution is 5.93. The topological polar surface area (TPSA) is 58.6 Å². The van der Waals surface area contributed by atoms with E-state index in [2.05, 4.69) is 5.32 Å². The fraction of sp³-hybridized carbons (Fsp3) is 0.545. The van der Waals surface area contributed by atoms with Crippen molar-refractivity contribution >= 4 is 11.8 Å². The lowest BCUT2D eigenvalue weighted by Crippen LogP contribution is -2.47. The molecular formula is C22H26N2O3. The van der Waals surface area contributed by atoms with E-state index in [0.717, 1.165) is 18.4 Å². The Hall–Kier alpha value is -2.14. The highest BCUT2D eigenvalue weighted by atomic mass is 16.5. The number of likely N-dealkylation sites (tertiary alicyclic amines) is 1. The van der Waals surface area contributed by atoms with Gasteiger partial charge in [-0.15, -0.1) is 0 Å². The van der Waals surface area contributed by atoms with Crippen molar-refractivity contribution in [1.29, 1.82) is 0 Å². The standard InChI is InChI=1S/C22H26N2O3/c25-20(23-16-9-5-2-6-10-16)18-17-11-12-22(27-17)14-24(21(26)19(18)22)13-15-7-3-1-4-8-15/h1,3-4,7-8,11-12,16-19H,2,5-6,9-10,13-14H2,(H,23,25). The van der Waals surface area contributed by atoms with Gasteiger partial charge in [-0.2, -0.15) is 0 Å². The van der Waals surface area contributed by atoms with Gasteiger partial charge in [0.1, 0.15) is 5.60 Å². The zero-order valence-corrected chi connectivity index (χ0v) is 15.5. The van der Waals surface area contributed by atoms with Crippen LogP contribution in [-0.2, 0) is 20.9 Å². The molecule has 2 bridgehead atoms. The average molecular weight is 366 g/mol. The van der Waals surface area contributed by atoms with Crippen molar-refractivity contribution in [3.05, 3.63) is 48.0 Å². The third-order valence-electron chi connectivity index (χ3n) is 6.65. The van der Waals surface area contributed by atoms with Gasteiger partial charge in [0, 0.05) is 12.6 Å². The largest absolute Gasteiger partial charge is 0.360 e. The van der Waals surface area contributed by atoms with Gasteiger partial charge < -0.3 is 15.0 Å². The van der Waals surface area contributed by atoms with E-state index >= 15 is 0 Å². The molecule has 1 aromatic rings. The maximum Gasteiger partial charge on any atom is 0.230 e. The van der Waals surface area contributed by atoms with Crippen LogP contribution >= 0.6 is 0 Å². The summed E-state index contributed by atoms with van der Waals surface area (Å²) in [6, 6.07) is 10.2. The van der Waals surface area contributed by atoms with Crippen LogP contribution in [0, 0.1) is 11.8 Å². The summed E-state index contributed by atoms with van der Waals surface area (Å²) in [5.74, 6) is -0.738. The number of hydrogen-bond donors (Lipinski definition) is 1. The predicted octanol–water partition coefficient (Wildman–Crippen LogP) is 2.42. The molecule has 2 amide bonds. The number of nitrogens with one attached hydrogen (secondary N) is 1. The molecule has 1 N–H and O–H groups in total. The van der Waals surface area contributed by atoms with Gasteiger partial charge in [-0.05, 0) is 18.4 Å². The van der Waals surface area contributed by atoms with Gasteiger partial charge in [0.15, 0.2) is 0 Å². The Labute approximate surface area is 159 Å². The Morgan fingerprint density at radius 3 is 2.74 bits per heavy atom. The van der Waals surface area contributed by atoms with Gasteiger partial charge in [0.25, 0.3) is 0 Å². The first-order valence-corrected chi connectivity index (χ1v) is 10.2. The Kier molecular flexibility index (Phi) is 4.08. The van der Waals surface area contributed by atoms with Gasteiger partial charge in [-0.3, -0.25) is 9.59 Å². The fourth-order valence-corrected chi connectivity index (χ4v) is 5.36. The second-order valence-corrected chi connectivity index (χ2v) is 8.42. The molecule has 4 aliphatic rings. The molecule has 5 nitrogen and oxygen atoms in total. The molecule has 0 aromatic heterocycles. The molecule has 0 radical (unpaired) electrons. The van der Waals surface area contributed by atoms with Crippen LogP contribution in [0.2, 0.25) is 0 Å². The Balaban J connectivity index is 1.34. The number of benzene rings is 1. The van der Waals surface area contributed by atoms with Crippen molar-refractivity contribution in [1.82, 2.24) is 10.2 Å². The first-order chi connectivity index (χ1) is 13.2. The summed E-state index contributed by atoms with van der Waals surface area (Å²) in [4.78, 5) is 28.1. The molecule has 3 aliphatic heterocycles. The fourth-order valence-electron chi connectivity index (χ4n) is 5.36. The Bertz CT molecular complexity index is 771. The van der Waals surface area contributed by atoms with Gasteiger partial charge in [0.05, 0.1) is 24.5 Å². The van der Waals surface area contributed by atoms with E-state index in [9.17, 15) is 9.59 Å². The van der Waals surface area contributed by atoms with E-state index in [-0.39, 0.29) is 29.9 Å². The number of carbonyl (C=O) groups is 2. The molecule has 5 rings (SSSR count). The van der Waals surface area contributed by atoms with Crippen molar-refractivity contribution < 1.29 is 14.3 Å². The molecule has 1 saturated carbocycles. The zero-order valence-electron chi connectivity index (χ0n) is 15.5. The molecule has 27 heavy (non-hydrogen) atoms. The molecule has 3 fully saturated rings. The molecule has 5 heteroatoms. The third kappa shape index (κ3) is 2.80. The van der Waals surface area contributed by atoms with Crippen LogP contribution in [0.15, 0.2) is 42.5 Å². The normalized spacial score (nSPS) is 34.9. The zero-order chi connectivity index (χ0) is 18.4. The predicted molar refractivity (Wildman–Crippen MR) is 101 cm³/mol. The Morgan fingerprint density at radius 1 is 1.19 bits per heavy atom. The van der Waals surface area contributed by atoms with Crippen LogP contribution in [0.3, 0.4) is 0 Å². The quantitative estimate of drug-likeness (QED) is 0.833. The first-order valence-electron chi connectivity index (χ1n) is 10.2. The molecular weight excluding hydrogens is 340 g/mol. The van der Waals surface area contributed by atoms with Gasteiger partial charge in [0.2, 0.25) is 11.8 Å². The number of carbonyl (C=O) groups excluding carboxylic acids is 2. The van der Waals surface area contributed by atoms with E-state index in [0.29, 0.717) is 13.1 Å². The van der Waals surface area contributed by atoms with Crippen LogP contribution in [0.1, 0.15) is 37.7 Å². The summed E-state index contributed by atoms with van der Waals surface area (Å²) in [7, 11) is 0. The Morgan fingerprint density at radius 2 is 1.96 bits per heavy atom. The number of rotatable bonds is 4. The maximum atomic E-state index is 13.2. The third-order valence-corrected chi connectivity index (χ3v) is 6.65. The molecule has 2 saturated heterocycles. The first kappa shape index (κ1) is 17.0. The van der Waals surface area contributed by atoms with Crippen molar-refractivity contribution in [3.63, 3.8) is 0 Å². The van der Waals surface area contributed by atoms with E-state index in [1.165, 1.54) is 19.3 Å². The number of fused-ring (bicyclic) bond motifs is 1. The molecule has 1 spiro atoms. The number of nitrogens with zero attached hydrogens (tertiary/aromatic N) is 1. The summed E-state index contributed by atoms with van der Waals surface area (Å²) < 4.78 is 6.21. The van der Waals surface area contributed by atoms with Crippen LogP contribution in [-0.4, -0.2) is 41.0 Å². The molecule has 4 atom stereocenters. The monoisotopic (exact) mass is 366 g/mol. The molecule has 3 heterocycles. The lowest BCUT2D eigenvalue weighted by molar-refractivity contribution is -0.138. The maximum absolute atomic E-state index is 13.2. The average Bonchev–Trinajstić information content (AvgIpc) is 3.32. The van der Waals surface area contributed by atoms with Crippen LogP contribution in [0.25, 0.3) is 0 Å². The summed E-state index contributed by atoms with van der Waals surface area (Å²) >= 11 is 0. The second-order valence-electron chi connectivity index (χ2n) is 8.42. The summed E-state index contributed by atoms with van der Waals surface area (Å²) in [6.45, 7) is 1.10. The highest BCUT2D eigenvalue weighted by Gasteiger charge is 2.66. The minimum atomic E-state index is -0.620. The van der Waals surface area contributed by atoms with E-state index in [1.807, 2.05) is 47.4 Å². The van der Waals surface area contributed by atoms with Crippen LogP contribution in [0.4, 0.5) is 0 Å². The van der Waals surface area contributed by atoms with E-state index < -0.39 is 11.5 Å². The van der Waals surface area contributed by atoms with Crippen molar-refractivity contribution in [2.24, 2.45) is 11.8 Å². The van der Waals surface area contributed by atoms with Gasteiger partial charge >= 0.3 is 0 Å². The number of hydrogen-bond acceptors (Lipinski definition) is 3. The van der Waals surface area contributed by atoms with Crippen LogP contribution in [0.5, 0.6) is 0 Å². The molecule has 4 unspecified atom stereocenters. The highest BCUT2D eigenvalue weighted by Crippen LogP contribution is 2.52. The lowest BCUT2D eigenvalue weighted by atomic mass is 9.76. The minimum Gasteiger partial charge on any atom is -0.360 e. The molecule has 1 aromatic carbocycles. The van der Waals surface area contributed by atoms with Gasteiger partial charge in [-0.25, -0.2) is 0 Å². The summed E-state index contributed by atoms with van der Waals surface area (Å²) in [6.07, 6.45) is 9.44. The summed E-state index contributed by atoms with van der Waals surface area (Å²) in [5.41, 5.74) is 0.481. The smallest absolute Gasteiger partial charge is 0.230 e. The molecule has 1 aliphatic carbocycles. The minimum absolute atomic E-state index is 0.00182. The van der Waals surface area contributed by atoms with Crippen LogP contribution < -0.4 is 5.32 Å². The number of amides is 2. The van der Waals surface area contributed by atoms with E-state index in [1.54, 1.807) is 0 Å². The summed E-state index contributed by atoms with van der Waals surface area (Å²) in [5, 5.41) is 3.22. The SMILES string of the molecule is O=C(NC1CCCCC1)C1C2C=CC3(CN(Cc4ccccc4)C(=O)C13)O2. The van der Waals surface area contributed by atoms with Crippen molar-refractivity contribution in [2.45, 2.75) is 56.4 Å². The van der Waals surface area contributed by atoms with Crippen molar-refractivity contribution in [3.8, 4) is 0 Å². The lowest BCUT2D eigenvalue weighted by Gasteiger charge is -2.28. The molecule has 142 valence electrons. The second kappa shape index (κ2) is 6.48. The van der Waals surface area contributed by atoms with Gasteiger partial charge in [-0.1, -0.05) is 61.7 Å².